The van der Waals surface area contributed by atoms with E-state index in [2.05, 4.69) is 5.32 Å². The highest BCUT2D eigenvalue weighted by Crippen LogP contribution is 2.36. The first-order valence-corrected chi connectivity index (χ1v) is 7.57. The first-order chi connectivity index (χ1) is 11.0. The molecule has 2 rings (SSSR count). The van der Waals surface area contributed by atoms with Gasteiger partial charge in [0.2, 0.25) is 0 Å². The van der Waals surface area contributed by atoms with Crippen LogP contribution in [-0.4, -0.2) is 44.8 Å². The molecule has 1 fully saturated rings. The molecule has 1 heterocycles. The molecular formula is C15H19ClN2O5. The van der Waals surface area contributed by atoms with Crippen molar-refractivity contribution in [3.63, 3.8) is 0 Å². The van der Waals surface area contributed by atoms with Gasteiger partial charge in [-0.05, 0) is 25.0 Å². The molecule has 0 radical (unpaired) electrons. The van der Waals surface area contributed by atoms with Crippen LogP contribution in [-0.2, 0) is 9.53 Å². The summed E-state index contributed by atoms with van der Waals surface area (Å²) in [7, 11) is 1.41. The van der Waals surface area contributed by atoms with E-state index < -0.39 is 5.91 Å². The molecule has 0 saturated carbocycles. The predicted octanol–water partition coefficient (Wildman–Crippen LogP) is 1.12. The van der Waals surface area contributed by atoms with Crippen LogP contribution in [0.15, 0.2) is 12.1 Å². The number of carbonyl (C=O) groups excluding carboxylic acids is 2. The van der Waals surface area contributed by atoms with Crippen LogP contribution in [0, 0.1) is 0 Å². The fourth-order valence-electron chi connectivity index (χ4n) is 2.25. The van der Waals surface area contributed by atoms with Crippen molar-refractivity contribution in [1.29, 1.82) is 0 Å². The van der Waals surface area contributed by atoms with Crippen LogP contribution in [0.3, 0.4) is 0 Å². The van der Waals surface area contributed by atoms with Gasteiger partial charge in [0.15, 0.2) is 18.1 Å². The Morgan fingerprint density at radius 3 is 2.87 bits per heavy atom. The first-order valence-electron chi connectivity index (χ1n) is 7.19. The molecule has 0 aliphatic carbocycles. The van der Waals surface area contributed by atoms with Crippen molar-refractivity contribution in [2.45, 2.75) is 18.9 Å². The van der Waals surface area contributed by atoms with E-state index in [1.807, 2.05) is 0 Å². The van der Waals surface area contributed by atoms with E-state index in [1.54, 1.807) is 0 Å². The minimum Gasteiger partial charge on any atom is -0.493 e. The lowest BCUT2D eigenvalue weighted by Crippen LogP contribution is -2.31. The number of hydrogen-bond acceptors (Lipinski definition) is 5. The van der Waals surface area contributed by atoms with E-state index >= 15 is 0 Å². The zero-order chi connectivity index (χ0) is 16.8. The third kappa shape index (κ3) is 4.74. The molecule has 1 aliphatic heterocycles. The number of nitrogens with two attached hydrogens (primary N) is 1. The molecule has 0 unspecified atom stereocenters. The topological polar surface area (TPSA) is 99.9 Å². The fraction of sp³-hybridized carbons (Fsp3) is 0.467. The molecule has 2 amide bonds. The zero-order valence-corrected chi connectivity index (χ0v) is 13.5. The van der Waals surface area contributed by atoms with Crippen LogP contribution >= 0.6 is 11.6 Å². The average molecular weight is 343 g/mol. The molecule has 1 saturated heterocycles. The SMILES string of the molecule is COc1cc(C(=O)NC[C@H]2CCCO2)cc(Cl)c1OCC(N)=O. The lowest BCUT2D eigenvalue weighted by atomic mass is 10.1. The summed E-state index contributed by atoms with van der Waals surface area (Å²) < 4.78 is 15.8. The monoisotopic (exact) mass is 342 g/mol. The molecule has 1 aromatic rings. The van der Waals surface area contributed by atoms with Crippen molar-refractivity contribution >= 4 is 23.4 Å². The largest absolute Gasteiger partial charge is 0.493 e. The second kappa shape index (κ2) is 8.03. The smallest absolute Gasteiger partial charge is 0.255 e. The minimum absolute atomic E-state index is 0.0505. The number of hydrogen-bond donors (Lipinski definition) is 2. The van der Waals surface area contributed by atoms with E-state index in [4.69, 9.17) is 31.5 Å². The third-order valence-corrected chi connectivity index (χ3v) is 3.65. The molecule has 0 aromatic heterocycles. The number of methoxy groups -OCH3 is 1. The molecular weight excluding hydrogens is 324 g/mol. The lowest BCUT2D eigenvalue weighted by Gasteiger charge is -2.14. The molecule has 7 nitrogen and oxygen atoms in total. The highest BCUT2D eigenvalue weighted by atomic mass is 35.5. The van der Waals surface area contributed by atoms with Gasteiger partial charge in [0.05, 0.1) is 18.2 Å². The maximum absolute atomic E-state index is 12.2. The Kier molecular flexibility index (Phi) is 6.06. The summed E-state index contributed by atoms with van der Waals surface area (Å²) >= 11 is 6.11. The molecule has 0 spiro atoms. The van der Waals surface area contributed by atoms with Gasteiger partial charge in [0, 0.05) is 18.7 Å². The fourth-order valence-corrected chi connectivity index (χ4v) is 2.51. The quantitative estimate of drug-likeness (QED) is 0.773. The third-order valence-electron chi connectivity index (χ3n) is 3.36. The normalized spacial score (nSPS) is 16.9. The van der Waals surface area contributed by atoms with Crippen molar-refractivity contribution in [3.8, 4) is 11.5 Å². The highest BCUT2D eigenvalue weighted by Gasteiger charge is 2.19. The van der Waals surface area contributed by atoms with E-state index in [9.17, 15) is 9.59 Å². The Morgan fingerprint density at radius 1 is 1.48 bits per heavy atom. The molecule has 23 heavy (non-hydrogen) atoms. The number of benzene rings is 1. The molecule has 3 N–H and O–H groups in total. The van der Waals surface area contributed by atoms with Gasteiger partial charge in [-0.15, -0.1) is 0 Å². The standard InChI is InChI=1S/C15H19ClN2O5/c1-21-12-6-9(5-11(16)14(12)23-8-13(17)19)15(20)18-7-10-3-2-4-22-10/h5-6,10H,2-4,7-8H2,1H3,(H2,17,19)(H,18,20)/t10-/m1/s1. The predicted molar refractivity (Wildman–Crippen MR) is 84.0 cm³/mol. The van der Waals surface area contributed by atoms with Crippen molar-refractivity contribution in [2.24, 2.45) is 5.73 Å². The van der Waals surface area contributed by atoms with Crippen LogP contribution in [0.4, 0.5) is 0 Å². The maximum Gasteiger partial charge on any atom is 0.255 e. The van der Waals surface area contributed by atoms with Gasteiger partial charge in [-0.25, -0.2) is 0 Å². The highest BCUT2D eigenvalue weighted by molar-refractivity contribution is 6.32. The number of nitrogens with one attached hydrogen (secondary N) is 1. The Balaban J connectivity index is 2.07. The van der Waals surface area contributed by atoms with E-state index in [-0.39, 0.29) is 35.1 Å². The van der Waals surface area contributed by atoms with Gasteiger partial charge in [0.25, 0.3) is 11.8 Å². The molecule has 1 atom stereocenters. The Morgan fingerprint density at radius 2 is 2.26 bits per heavy atom. The van der Waals surface area contributed by atoms with Crippen LogP contribution in [0.25, 0.3) is 0 Å². The molecule has 1 aromatic carbocycles. The lowest BCUT2D eigenvalue weighted by molar-refractivity contribution is -0.119. The Bertz CT molecular complexity index is 587. The number of amides is 2. The summed E-state index contributed by atoms with van der Waals surface area (Å²) in [5.41, 5.74) is 5.37. The summed E-state index contributed by atoms with van der Waals surface area (Å²) in [5, 5.41) is 2.96. The van der Waals surface area contributed by atoms with Gasteiger partial charge in [-0.2, -0.15) is 0 Å². The minimum atomic E-state index is -0.637. The van der Waals surface area contributed by atoms with Gasteiger partial charge in [-0.1, -0.05) is 11.6 Å². The van der Waals surface area contributed by atoms with Crippen LogP contribution in [0.1, 0.15) is 23.2 Å². The van der Waals surface area contributed by atoms with Gasteiger partial charge in [-0.3, -0.25) is 9.59 Å². The van der Waals surface area contributed by atoms with E-state index in [0.29, 0.717) is 12.1 Å². The van der Waals surface area contributed by atoms with Crippen molar-refractivity contribution in [1.82, 2.24) is 5.32 Å². The summed E-state index contributed by atoms with van der Waals surface area (Å²) in [6, 6.07) is 2.94. The van der Waals surface area contributed by atoms with Crippen molar-refractivity contribution < 1.29 is 23.8 Å². The van der Waals surface area contributed by atoms with Gasteiger partial charge < -0.3 is 25.3 Å². The van der Waals surface area contributed by atoms with E-state index in [0.717, 1.165) is 19.4 Å². The van der Waals surface area contributed by atoms with Crippen LogP contribution in [0.5, 0.6) is 11.5 Å². The van der Waals surface area contributed by atoms with Crippen molar-refractivity contribution in [2.75, 3.05) is 26.9 Å². The number of halogens is 1. The number of rotatable bonds is 7. The molecule has 8 heteroatoms. The second-order valence-electron chi connectivity index (χ2n) is 5.09. The van der Waals surface area contributed by atoms with Crippen LogP contribution in [0.2, 0.25) is 5.02 Å². The summed E-state index contributed by atoms with van der Waals surface area (Å²) in [4.78, 5) is 23.0. The first kappa shape index (κ1) is 17.4. The average Bonchev–Trinajstić information content (AvgIpc) is 3.03. The summed E-state index contributed by atoms with van der Waals surface area (Å²) in [6.07, 6.45) is 1.99. The number of carbonyl (C=O) groups is 2. The number of ether oxygens (including phenoxy) is 3. The zero-order valence-electron chi connectivity index (χ0n) is 12.8. The van der Waals surface area contributed by atoms with E-state index in [1.165, 1.54) is 19.2 Å². The number of primary amides is 1. The van der Waals surface area contributed by atoms with Gasteiger partial charge >= 0.3 is 0 Å². The maximum atomic E-state index is 12.2. The van der Waals surface area contributed by atoms with Gasteiger partial charge in [0.1, 0.15) is 0 Å². The Labute approximate surface area is 139 Å². The summed E-state index contributed by atoms with van der Waals surface area (Å²) in [5.74, 6) is -0.506. The second-order valence-corrected chi connectivity index (χ2v) is 5.50. The summed E-state index contributed by atoms with van der Waals surface area (Å²) in [6.45, 7) is 0.839. The molecule has 126 valence electrons. The van der Waals surface area contributed by atoms with Crippen molar-refractivity contribution in [3.05, 3.63) is 22.7 Å². The molecule has 1 aliphatic rings. The van der Waals surface area contributed by atoms with Crippen LogP contribution < -0.4 is 20.5 Å². The Hall–Kier alpha value is -1.99. The molecule has 0 bridgehead atoms.